The van der Waals surface area contributed by atoms with Gasteiger partial charge in [0.05, 0.1) is 11.3 Å². The quantitative estimate of drug-likeness (QED) is 0.631. The molecule has 0 aliphatic rings. The summed E-state index contributed by atoms with van der Waals surface area (Å²) in [5.41, 5.74) is -0.306. The first-order chi connectivity index (χ1) is 5.82. The Balaban J connectivity index is 3.09. The number of ketones is 1. The predicted molar refractivity (Wildman–Crippen MR) is 38.3 cm³/mol. The molecule has 0 aliphatic carbocycles. The maximum absolute atomic E-state index is 11.9. The molecule has 13 heavy (non-hydrogen) atoms. The normalized spacial score (nSPS) is 11.8. The van der Waals surface area contributed by atoms with E-state index in [0.29, 0.717) is 0 Å². The average Bonchev–Trinajstić information content (AvgIpc) is 2.26. The largest absolute Gasteiger partial charge is 0.454 e. The number of halogens is 3. The van der Waals surface area contributed by atoms with E-state index in [1.165, 1.54) is 18.7 Å². The number of nitrogens with zero attached hydrogens (tertiary/aromatic N) is 2. The van der Waals surface area contributed by atoms with Crippen LogP contribution in [-0.2, 0) is 7.05 Å². The molecule has 1 aromatic heterocycles. The van der Waals surface area contributed by atoms with E-state index in [-0.39, 0.29) is 5.69 Å². The summed E-state index contributed by atoms with van der Waals surface area (Å²) in [7, 11) is 1.46. The van der Waals surface area contributed by atoms with Crippen LogP contribution in [0.3, 0.4) is 0 Å². The van der Waals surface area contributed by atoms with E-state index < -0.39 is 17.5 Å². The molecule has 0 amide bonds. The minimum absolute atomic E-state index is 0.0878. The number of rotatable bonds is 1. The second-order valence-corrected chi connectivity index (χ2v) is 2.63. The first-order valence-electron chi connectivity index (χ1n) is 3.44. The van der Waals surface area contributed by atoms with E-state index in [1.807, 2.05) is 0 Å². The summed E-state index contributed by atoms with van der Waals surface area (Å²) in [4.78, 5) is 10.7. The SMILES string of the molecule is Cc1nn(C)cc1C(=O)C(F)(F)F. The highest BCUT2D eigenvalue weighted by Gasteiger charge is 2.40. The maximum atomic E-state index is 11.9. The summed E-state index contributed by atoms with van der Waals surface area (Å²) in [6.45, 7) is 1.36. The Labute approximate surface area is 72.2 Å². The number of alkyl halides is 3. The van der Waals surface area contributed by atoms with Crippen molar-refractivity contribution in [2.45, 2.75) is 13.1 Å². The molecule has 0 aromatic carbocycles. The summed E-state index contributed by atoms with van der Waals surface area (Å²) in [5.74, 6) is -1.85. The summed E-state index contributed by atoms with van der Waals surface area (Å²) in [6.07, 6.45) is -3.76. The Hall–Kier alpha value is -1.33. The Morgan fingerprint density at radius 1 is 1.54 bits per heavy atom. The lowest BCUT2D eigenvalue weighted by Gasteiger charge is -2.02. The lowest BCUT2D eigenvalue weighted by molar-refractivity contribution is -0.0885. The molecule has 72 valence electrons. The number of aryl methyl sites for hydroxylation is 2. The van der Waals surface area contributed by atoms with Gasteiger partial charge in [0.25, 0.3) is 5.78 Å². The van der Waals surface area contributed by atoms with E-state index in [2.05, 4.69) is 5.10 Å². The number of Topliss-reactive ketones (excluding diaryl/α,β-unsaturated/α-hetero) is 1. The van der Waals surface area contributed by atoms with Gasteiger partial charge in [-0.2, -0.15) is 18.3 Å². The van der Waals surface area contributed by atoms with Gasteiger partial charge in [0.2, 0.25) is 0 Å². The van der Waals surface area contributed by atoms with Crippen LogP contribution >= 0.6 is 0 Å². The minimum Gasteiger partial charge on any atom is -0.284 e. The Morgan fingerprint density at radius 2 is 2.08 bits per heavy atom. The van der Waals surface area contributed by atoms with Crippen molar-refractivity contribution in [3.8, 4) is 0 Å². The summed E-state index contributed by atoms with van der Waals surface area (Å²) < 4.78 is 37.0. The summed E-state index contributed by atoms with van der Waals surface area (Å²) >= 11 is 0. The van der Waals surface area contributed by atoms with Crippen LogP contribution in [0.5, 0.6) is 0 Å². The van der Waals surface area contributed by atoms with Crippen molar-refractivity contribution in [3.05, 3.63) is 17.5 Å². The van der Waals surface area contributed by atoms with Crippen LogP contribution in [-0.4, -0.2) is 21.7 Å². The van der Waals surface area contributed by atoms with Gasteiger partial charge in [-0.15, -0.1) is 0 Å². The zero-order valence-electron chi connectivity index (χ0n) is 7.01. The van der Waals surface area contributed by atoms with Crippen LogP contribution in [0, 0.1) is 6.92 Å². The third kappa shape index (κ3) is 1.88. The van der Waals surface area contributed by atoms with Crippen LogP contribution in [0.25, 0.3) is 0 Å². The molecule has 6 heteroatoms. The van der Waals surface area contributed by atoms with Gasteiger partial charge in [-0.3, -0.25) is 9.48 Å². The lowest BCUT2D eigenvalue weighted by atomic mass is 10.2. The van der Waals surface area contributed by atoms with Crippen LogP contribution in [0.4, 0.5) is 13.2 Å². The molecule has 0 saturated carbocycles. The van der Waals surface area contributed by atoms with Gasteiger partial charge in [-0.1, -0.05) is 0 Å². The van der Waals surface area contributed by atoms with Crippen molar-refractivity contribution in [1.82, 2.24) is 9.78 Å². The van der Waals surface area contributed by atoms with Crippen LogP contribution in [0.2, 0.25) is 0 Å². The number of carbonyl (C=O) groups excluding carboxylic acids is 1. The van der Waals surface area contributed by atoms with Gasteiger partial charge in [0, 0.05) is 13.2 Å². The molecule has 0 spiro atoms. The smallest absolute Gasteiger partial charge is 0.284 e. The van der Waals surface area contributed by atoms with E-state index >= 15 is 0 Å². The van der Waals surface area contributed by atoms with Crippen LogP contribution in [0.15, 0.2) is 6.20 Å². The number of hydrogen-bond acceptors (Lipinski definition) is 2. The lowest BCUT2D eigenvalue weighted by Crippen LogP contribution is -2.22. The highest BCUT2D eigenvalue weighted by molar-refractivity contribution is 6.00. The molecule has 0 bridgehead atoms. The molecule has 0 atom stereocenters. The van der Waals surface area contributed by atoms with Crippen molar-refractivity contribution in [2.24, 2.45) is 7.05 Å². The molecule has 1 heterocycles. The molecule has 3 nitrogen and oxygen atoms in total. The Morgan fingerprint density at radius 3 is 2.38 bits per heavy atom. The standard InChI is InChI=1S/C7H7F3N2O/c1-4-5(3-12(2)11-4)6(13)7(8,9)10/h3H,1-2H3. The Kier molecular flexibility index (Phi) is 2.15. The van der Waals surface area contributed by atoms with Crippen LogP contribution in [0.1, 0.15) is 16.1 Å². The van der Waals surface area contributed by atoms with E-state index in [4.69, 9.17) is 0 Å². The fourth-order valence-electron chi connectivity index (χ4n) is 0.975. The van der Waals surface area contributed by atoms with Crippen molar-refractivity contribution < 1.29 is 18.0 Å². The monoisotopic (exact) mass is 192 g/mol. The molecule has 0 N–H and O–H groups in total. The second-order valence-electron chi connectivity index (χ2n) is 2.63. The molecular formula is C7H7F3N2O. The summed E-state index contributed by atoms with van der Waals surface area (Å²) in [5, 5.41) is 3.64. The molecule has 0 fully saturated rings. The molecule has 0 radical (unpaired) electrons. The number of carbonyl (C=O) groups is 1. The third-order valence-electron chi connectivity index (χ3n) is 1.52. The maximum Gasteiger partial charge on any atom is 0.454 e. The molecule has 0 unspecified atom stereocenters. The number of aromatic nitrogens is 2. The van der Waals surface area contributed by atoms with Gasteiger partial charge in [-0.05, 0) is 6.92 Å². The van der Waals surface area contributed by atoms with Crippen molar-refractivity contribution in [3.63, 3.8) is 0 Å². The van der Waals surface area contributed by atoms with Gasteiger partial charge < -0.3 is 0 Å². The van der Waals surface area contributed by atoms with E-state index in [1.54, 1.807) is 0 Å². The van der Waals surface area contributed by atoms with Gasteiger partial charge in [0.1, 0.15) is 0 Å². The third-order valence-corrected chi connectivity index (χ3v) is 1.52. The highest BCUT2D eigenvalue weighted by atomic mass is 19.4. The predicted octanol–water partition coefficient (Wildman–Crippen LogP) is 1.47. The van der Waals surface area contributed by atoms with E-state index in [9.17, 15) is 18.0 Å². The fraction of sp³-hybridized carbons (Fsp3) is 0.429. The number of hydrogen-bond donors (Lipinski definition) is 0. The second kappa shape index (κ2) is 2.86. The van der Waals surface area contributed by atoms with Crippen molar-refractivity contribution in [1.29, 1.82) is 0 Å². The molecular weight excluding hydrogens is 185 g/mol. The molecule has 0 saturated heterocycles. The average molecular weight is 192 g/mol. The van der Waals surface area contributed by atoms with Gasteiger partial charge in [0.15, 0.2) is 0 Å². The zero-order chi connectivity index (χ0) is 10.2. The zero-order valence-corrected chi connectivity index (χ0v) is 7.01. The molecule has 1 aromatic rings. The van der Waals surface area contributed by atoms with Gasteiger partial charge >= 0.3 is 6.18 Å². The fourth-order valence-corrected chi connectivity index (χ4v) is 0.975. The first kappa shape index (κ1) is 9.76. The minimum atomic E-state index is -4.83. The van der Waals surface area contributed by atoms with Crippen molar-refractivity contribution >= 4 is 5.78 Å². The van der Waals surface area contributed by atoms with Crippen LogP contribution < -0.4 is 0 Å². The molecule has 1 rings (SSSR count). The van der Waals surface area contributed by atoms with Crippen molar-refractivity contribution in [2.75, 3.05) is 0 Å². The molecule has 0 aliphatic heterocycles. The van der Waals surface area contributed by atoms with E-state index in [0.717, 1.165) is 6.20 Å². The first-order valence-corrected chi connectivity index (χ1v) is 3.44. The van der Waals surface area contributed by atoms with Gasteiger partial charge in [-0.25, -0.2) is 0 Å². The summed E-state index contributed by atoms with van der Waals surface area (Å²) in [6, 6.07) is 0. The Bertz CT molecular complexity index is 340. The highest BCUT2D eigenvalue weighted by Crippen LogP contribution is 2.22. The topological polar surface area (TPSA) is 34.9 Å².